The Hall–Kier alpha value is -0.130. The van der Waals surface area contributed by atoms with Gasteiger partial charge in [0, 0.05) is 12.1 Å². The van der Waals surface area contributed by atoms with Crippen LogP contribution in [0.3, 0.4) is 0 Å². The van der Waals surface area contributed by atoms with E-state index in [9.17, 15) is 8.42 Å². The normalized spacial score (nSPS) is 29.1. The lowest BCUT2D eigenvalue weighted by Crippen LogP contribution is -2.55. The van der Waals surface area contributed by atoms with Gasteiger partial charge in [0.1, 0.15) is 0 Å². The Morgan fingerprint density at radius 2 is 1.80 bits per heavy atom. The summed E-state index contributed by atoms with van der Waals surface area (Å²) in [6.07, 6.45) is 5.83. The highest BCUT2D eigenvalue weighted by Gasteiger charge is 2.31. The van der Waals surface area contributed by atoms with Gasteiger partial charge in [-0.25, -0.2) is 0 Å². The highest BCUT2D eigenvalue weighted by Crippen LogP contribution is 2.27. The van der Waals surface area contributed by atoms with Crippen molar-refractivity contribution in [3.05, 3.63) is 0 Å². The van der Waals surface area contributed by atoms with Gasteiger partial charge < -0.3 is 5.32 Å². The van der Waals surface area contributed by atoms with Gasteiger partial charge in [0.25, 0.3) is 10.1 Å². The van der Waals surface area contributed by atoms with Gasteiger partial charge in [0.05, 0.1) is 5.75 Å². The van der Waals surface area contributed by atoms with Crippen molar-refractivity contribution in [2.75, 3.05) is 5.75 Å². The van der Waals surface area contributed by atoms with Crippen molar-refractivity contribution < 1.29 is 13.0 Å². The molecular formula is C10H21NO3S. The molecule has 1 aliphatic carbocycles. The molecule has 2 saturated heterocycles. The second-order valence-corrected chi connectivity index (χ2v) is 6.37. The zero-order valence-corrected chi connectivity index (χ0v) is 10.3. The average molecular weight is 235 g/mol. The predicted molar refractivity (Wildman–Crippen MR) is 60.4 cm³/mol. The van der Waals surface area contributed by atoms with Gasteiger partial charge in [0.15, 0.2) is 0 Å². The van der Waals surface area contributed by atoms with Gasteiger partial charge >= 0.3 is 0 Å². The summed E-state index contributed by atoms with van der Waals surface area (Å²) in [6, 6.07) is 1.86. The molecular weight excluding hydrogens is 214 g/mol. The van der Waals surface area contributed by atoms with E-state index in [1.807, 2.05) is 0 Å². The summed E-state index contributed by atoms with van der Waals surface area (Å²) in [4.78, 5) is 0. The largest absolute Gasteiger partial charge is 0.311 e. The molecule has 90 valence electrons. The van der Waals surface area contributed by atoms with Crippen molar-refractivity contribution in [1.29, 1.82) is 0 Å². The monoisotopic (exact) mass is 235 g/mol. The van der Waals surface area contributed by atoms with Crippen LogP contribution in [0.25, 0.3) is 0 Å². The predicted octanol–water partition coefficient (Wildman–Crippen LogP) is 1.43. The van der Waals surface area contributed by atoms with Crippen molar-refractivity contribution in [2.24, 2.45) is 5.92 Å². The van der Waals surface area contributed by atoms with Gasteiger partial charge in [-0.2, -0.15) is 8.42 Å². The smallest absolute Gasteiger partial charge is 0.265 e. The Labute approximate surface area is 92.2 Å². The van der Waals surface area contributed by atoms with E-state index in [1.165, 1.54) is 25.7 Å². The lowest BCUT2D eigenvalue weighted by Gasteiger charge is -2.42. The zero-order valence-electron chi connectivity index (χ0n) is 9.44. The van der Waals surface area contributed by atoms with Crippen LogP contribution in [-0.4, -0.2) is 30.8 Å². The van der Waals surface area contributed by atoms with Crippen molar-refractivity contribution in [1.82, 2.24) is 5.32 Å². The molecule has 4 nitrogen and oxygen atoms in total. The van der Waals surface area contributed by atoms with E-state index < -0.39 is 10.1 Å². The lowest BCUT2D eigenvalue weighted by atomic mass is 9.83. The number of rotatable bonds is 2. The lowest BCUT2D eigenvalue weighted by molar-refractivity contribution is 0.182. The maximum Gasteiger partial charge on any atom is 0.265 e. The SMILES string of the molecule is C1CC2CC(C1)N2.CC(C)CS(=O)(=O)O. The second-order valence-electron chi connectivity index (χ2n) is 4.87. The number of hydrogen-bond donors (Lipinski definition) is 2. The first kappa shape index (κ1) is 12.9. The van der Waals surface area contributed by atoms with Gasteiger partial charge in [-0.1, -0.05) is 20.3 Å². The summed E-state index contributed by atoms with van der Waals surface area (Å²) < 4.78 is 28.2. The van der Waals surface area contributed by atoms with Crippen molar-refractivity contribution in [3.8, 4) is 0 Å². The number of nitrogens with one attached hydrogen (secondary N) is 1. The second kappa shape index (κ2) is 5.27. The van der Waals surface area contributed by atoms with Crippen LogP contribution in [0.15, 0.2) is 0 Å². The van der Waals surface area contributed by atoms with E-state index in [1.54, 1.807) is 13.8 Å². The topological polar surface area (TPSA) is 66.4 Å². The zero-order chi connectivity index (χ0) is 11.5. The Morgan fingerprint density at radius 3 is 1.87 bits per heavy atom. The molecule has 2 atom stereocenters. The molecule has 0 amide bonds. The summed E-state index contributed by atoms with van der Waals surface area (Å²) in [7, 11) is -3.72. The van der Waals surface area contributed by atoms with E-state index in [2.05, 4.69) is 5.32 Å². The molecule has 2 N–H and O–H groups in total. The highest BCUT2D eigenvalue weighted by molar-refractivity contribution is 7.85. The fourth-order valence-corrected chi connectivity index (χ4v) is 2.93. The van der Waals surface area contributed by atoms with Crippen LogP contribution in [0.4, 0.5) is 0 Å². The third-order valence-electron chi connectivity index (χ3n) is 2.69. The van der Waals surface area contributed by atoms with Crippen LogP contribution in [0, 0.1) is 5.92 Å². The molecule has 1 saturated carbocycles. The highest BCUT2D eigenvalue weighted by atomic mass is 32.2. The molecule has 2 aliphatic heterocycles. The van der Waals surface area contributed by atoms with Crippen molar-refractivity contribution >= 4 is 10.1 Å². The van der Waals surface area contributed by atoms with Crippen LogP contribution < -0.4 is 5.32 Å². The van der Waals surface area contributed by atoms with Crippen molar-refractivity contribution in [3.63, 3.8) is 0 Å². The summed E-state index contributed by atoms with van der Waals surface area (Å²) in [6.45, 7) is 3.46. The summed E-state index contributed by atoms with van der Waals surface area (Å²) in [5.74, 6) is -0.141. The maximum absolute atomic E-state index is 10.00. The Morgan fingerprint density at radius 1 is 1.33 bits per heavy atom. The van der Waals surface area contributed by atoms with Crippen LogP contribution in [-0.2, 0) is 10.1 Å². The molecule has 0 aromatic heterocycles. The molecule has 0 aromatic rings. The van der Waals surface area contributed by atoms with E-state index in [4.69, 9.17) is 4.55 Å². The van der Waals surface area contributed by atoms with Gasteiger partial charge in [-0.15, -0.1) is 0 Å². The summed E-state index contributed by atoms with van der Waals surface area (Å²) in [5.41, 5.74) is 0. The third kappa shape index (κ3) is 5.49. The minimum atomic E-state index is -3.72. The van der Waals surface area contributed by atoms with Gasteiger partial charge in [-0.05, 0) is 25.2 Å². The molecule has 3 fully saturated rings. The maximum atomic E-state index is 10.00. The first-order valence-electron chi connectivity index (χ1n) is 5.58. The van der Waals surface area contributed by atoms with E-state index in [-0.39, 0.29) is 11.7 Å². The minimum absolute atomic E-state index is 0.00463. The first-order chi connectivity index (χ1) is 6.87. The van der Waals surface area contributed by atoms with Crippen molar-refractivity contribution in [2.45, 2.75) is 51.6 Å². The standard InChI is InChI=1S/C6H11N.C4H10O3S/c1-2-5-4-6(3-1)7-5;1-4(2)3-8(5,6)7/h5-7H,1-4H2;4H,3H2,1-2H3,(H,5,6,7). The summed E-state index contributed by atoms with van der Waals surface area (Å²) >= 11 is 0. The fraction of sp³-hybridized carbons (Fsp3) is 1.00. The molecule has 2 unspecified atom stereocenters. The van der Waals surface area contributed by atoms with Crippen LogP contribution >= 0.6 is 0 Å². The van der Waals surface area contributed by atoms with Gasteiger partial charge in [-0.3, -0.25) is 4.55 Å². The molecule has 2 heterocycles. The minimum Gasteiger partial charge on any atom is -0.311 e. The van der Waals surface area contributed by atoms with E-state index in [0.29, 0.717) is 0 Å². The van der Waals surface area contributed by atoms with Crippen LogP contribution in [0.5, 0.6) is 0 Å². The average Bonchev–Trinajstić information content (AvgIpc) is 2.00. The molecule has 0 spiro atoms. The molecule has 15 heavy (non-hydrogen) atoms. The van der Waals surface area contributed by atoms with Crippen LogP contribution in [0.2, 0.25) is 0 Å². The number of piperidine rings is 1. The Bertz CT molecular complexity index is 268. The Kier molecular flexibility index (Phi) is 4.55. The fourth-order valence-electron chi connectivity index (χ4n) is 2.09. The molecule has 5 heteroatoms. The molecule has 3 rings (SSSR count). The van der Waals surface area contributed by atoms with E-state index >= 15 is 0 Å². The number of fused-ring (bicyclic) bond motifs is 2. The molecule has 0 aromatic carbocycles. The number of hydrogen-bond acceptors (Lipinski definition) is 3. The Balaban J connectivity index is 0.000000150. The molecule has 0 radical (unpaired) electrons. The quantitative estimate of drug-likeness (QED) is 0.711. The first-order valence-corrected chi connectivity index (χ1v) is 7.19. The molecule has 2 bridgehead atoms. The summed E-state index contributed by atoms with van der Waals surface area (Å²) in [5, 5.41) is 3.48. The van der Waals surface area contributed by atoms with Crippen LogP contribution in [0.1, 0.15) is 39.5 Å². The van der Waals surface area contributed by atoms with Gasteiger partial charge in [0.2, 0.25) is 0 Å². The van der Waals surface area contributed by atoms with E-state index in [0.717, 1.165) is 12.1 Å². The third-order valence-corrected chi connectivity index (χ3v) is 3.78. The molecule has 3 aliphatic rings.